The Morgan fingerprint density at radius 3 is 2.83 bits per heavy atom. The van der Waals surface area contributed by atoms with Crippen molar-refractivity contribution in [3.8, 4) is 11.5 Å². The van der Waals surface area contributed by atoms with Crippen LogP contribution in [0.15, 0.2) is 29.1 Å². The summed E-state index contributed by atoms with van der Waals surface area (Å²) in [7, 11) is 0. The second-order valence-electron chi connectivity index (χ2n) is 8.73. The standard InChI is InChI=1S/C24H22F4N4O4/c1-11-17(36-16-5-4-15(30-22(16)28)24(34)29-8-18(25)26)10-32(11)9-12-2-3-13-20(19(12)27)31-23(33)14-6-7-35-21(13)14/h2-5,11,17-18H,6-10H2,1H3,(H,29,34)(H,31,33)/t11-,17-/m0/s1. The number of aromatic nitrogens is 2. The lowest BCUT2D eigenvalue weighted by Gasteiger charge is -2.45. The van der Waals surface area contributed by atoms with E-state index >= 15 is 4.39 Å². The Balaban J connectivity index is 1.24. The maximum Gasteiger partial charge on any atom is 0.270 e. The smallest absolute Gasteiger partial charge is 0.270 e. The topological polar surface area (TPSA) is 96.5 Å². The van der Waals surface area contributed by atoms with Crippen LogP contribution in [0, 0.1) is 11.8 Å². The van der Waals surface area contributed by atoms with Crippen molar-refractivity contribution in [3.63, 3.8) is 0 Å². The van der Waals surface area contributed by atoms with Crippen molar-refractivity contribution >= 4 is 16.8 Å². The van der Waals surface area contributed by atoms with Crippen LogP contribution in [-0.4, -0.2) is 59.0 Å². The summed E-state index contributed by atoms with van der Waals surface area (Å²) in [5.41, 5.74) is 0.308. The zero-order chi connectivity index (χ0) is 25.6. The van der Waals surface area contributed by atoms with Gasteiger partial charge in [-0.15, -0.1) is 0 Å². The fourth-order valence-electron chi connectivity index (χ4n) is 4.42. The summed E-state index contributed by atoms with van der Waals surface area (Å²) in [5.74, 6) is -2.24. The number of carbonyl (C=O) groups excluding carboxylic acids is 1. The van der Waals surface area contributed by atoms with Crippen LogP contribution >= 0.6 is 0 Å². The minimum Gasteiger partial charge on any atom is -0.492 e. The molecule has 0 radical (unpaired) electrons. The Morgan fingerprint density at radius 1 is 1.31 bits per heavy atom. The molecule has 2 N–H and O–H groups in total. The first-order valence-corrected chi connectivity index (χ1v) is 11.4. The molecule has 12 heteroatoms. The maximum atomic E-state index is 15.2. The minimum atomic E-state index is -2.73. The number of amides is 1. The maximum absolute atomic E-state index is 15.2. The number of rotatable bonds is 7. The highest BCUT2D eigenvalue weighted by molar-refractivity contribution is 5.92. The number of hydrogen-bond donors (Lipinski definition) is 2. The summed E-state index contributed by atoms with van der Waals surface area (Å²) in [6.07, 6.45) is -2.66. The number of alkyl halides is 2. The van der Waals surface area contributed by atoms with Crippen molar-refractivity contribution in [1.82, 2.24) is 20.2 Å². The molecule has 0 bridgehead atoms. The molecule has 8 nitrogen and oxygen atoms in total. The van der Waals surface area contributed by atoms with Crippen molar-refractivity contribution in [1.29, 1.82) is 0 Å². The Bertz CT molecular complexity index is 1400. The number of H-pyrrole nitrogens is 1. The molecule has 0 spiro atoms. The van der Waals surface area contributed by atoms with Crippen LogP contribution in [0.5, 0.6) is 11.5 Å². The lowest BCUT2D eigenvalue weighted by Crippen LogP contribution is -2.60. The van der Waals surface area contributed by atoms with E-state index in [0.717, 1.165) is 0 Å². The number of likely N-dealkylation sites (tertiary alicyclic amines) is 1. The Morgan fingerprint density at radius 2 is 2.11 bits per heavy atom. The van der Waals surface area contributed by atoms with Gasteiger partial charge in [-0.3, -0.25) is 14.5 Å². The highest BCUT2D eigenvalue weighted by Gasteiger charge is 2.38. The predicted molar refractivity (Wildman–Crippen MR) is 121 cm³/mol. The van der Waals surface area contributed by atoms with Gasteiger partial charge in [0.15, 0.2) is 11.6 Å². The fraction of sp³-hybridized carbons (Fsp3) is 0.375. The number of pyridine rings is 2. The van der Waals surface area contributed by atoms with Gasteiger partial charge in [-0.05, 0) is 25.1 Å². The van der Waals surface area contributed by atoms with Crippen LogP contribution in [0.4, 0.5) is 17.6 Å². The molecular weight excluding hydrogens is 484 g/mol. The van der Waals surface area contributed by atoms with Gasteiger partial charge in [0.1, 0.15) is 17.5 Å². The first kappa shape index (κ1) is 24.0. The van der Waals surface area contributed by atoms with Gasteiger partial charge in [0.2, 0.25) is 0 Å². The summed E-state index contributed by atoms with van der Waals surface area (Å²) in [5, 5.41) is 2.48. The van der Waals surface area contributed by atoms with E-state index in [-0.39, 0.29) is 35.1 Å². The molecule has 2 aliphatic heterocycles. The number of ether oxygens (including phenoxy) is 2. The van der Waals surface area contributed by atoms with Crippen molar-refractivity contribution in [2.24, 2.45) is 0 Å². The van der Waals surface area contributed by atoms with Crippen molar-refractivity contribution < 1.29 is 31.8 Å². The molecule has 1 fully saturated rings. The molecule has 1 saturated heterocycles. The van der Waals surface area contributed by atoms with Gasteiger partial charge in [-0.1, -0.05) is 6.07 Å². The highest BCUT2D eigenvalue weighted by atomic mass is 19.3. The molecule has 2 aliphatic rings. The molecule has 36 heavy (non-hydrogen) atoms. The molecule has 0 unspecified atom stereocenters. The second kappa shape index (κ2) is 9.41. The van der Waals surface area contributed by atoms with Crippen LogP contribution in [0.25, 0.3) is 10.9 Å². The van der Waals surface area contributed by atoms with Gasteiger partial charge in [0.25, 0.3) is 23.8 Å². The van der Waals surface area contributed by atoms with Crippen LogP contribution in [0.1, 0.15) is 28.5 Å². The zero-order valence-electron chi connectivity index (χ0n) is 19.1. The van der Waals surface area contributed by atoms with E-state index < -0.39 is 36.7 Å². The van der Waals surface area contributed by atoms with Crippen molar-refractivity contribution in [2.45, 2.75) is 38.5 Å². The Kier molecular flexibility index (Phi) is 6.29. The molecule has 2 atom stereocenters. The number of aromatic amines is 1. The monoisotopic (exact) mass is 506 g/mol. The third-order valence-electron chi connectivity index (χ3n) is 6.50. The van der Waals surface area contributed by atoms with Gasteiger partial charge < -0.3 is 19.8 Å². The quantitative estimate of drug-likeness (QED) is 0.378. The van der Waals surface area contributed by atoms with E-state index in [4.69, 9.17) is 9.47 Å². The number of carbonyl (C=O) groups is 1. The first-order valence-electron chi connectivity index (χ1n) is 11.4. The molecule has 1 aromatic carbocycles. The van der Waals surface area contributed by atoms with Gasteiger partial charge in [-0.25, -0.2) is 18.2 Å². The van der Waals surface area contributed by atoms with Crippen molar-refractivity contribution in [2.75, 3.05) is 19.7 Å². The lowest BCUT2D eigenvalue weighted by atomic mass is 9.98. The van der Waals surface area contributed by atoms with E-state index in [2.05, 4.69) is 9.97 Å². The molecular formula is C24H22F4N4O4. The molecule has 5 rings (SSSR count). The largest absolute Gasteiger partial charge is 0.492 e. The number of benzene rings is 1. The third-order valence-corrected chi connectivity index (χ3v) is 6.50. The molecule has 190 valence electrons. The van der Waals surface area contributed by atoms with E-state index in [1.807, 2.05) is 17.1 Å². The fourth-order valence-corrected chi connectivity index (χ4v) is 4.42. The van der Waals surface area contributed by atoms with E-state index in [1.165, 1.54) is 12.1 Å². The minimum absolute atomic E-state index is 0.102. The average Bonchev–Trinajstić information content (AvgIpc) is 3.35. The summed E-state index contributed by atoms with van der Waals surface area (Å²) in [6.45, 7) is 1.98. The second-order valence-corrected chi connectivity index (χ2v) is 8.73. The van der Waals surface area contributed by atoms with Gasteiger partial charge in [0, 0.05) is 36.5 Å². The number of nitrogens with zero attached hydrogens (tertiary/aromatic N) is 2. The Hall–Kier alpha value is -3.67. The number of fused-ring (bicyclic) bond motifs is 3. The van der Waals surface area contributed by atoms with Crippen LogP contribution in [0.2, 0.25) is 0 Å². The van der Waals surface area contributed by atoms with E-state index in [0.29, 0.717) is 41.8 Å². The summed E-state index contributed by atoms with van der Waals surface area (Å²) in [4.78, 5) is 32.1. The molecule has 4 heterocycles. The molecule has 0 aliphatic carbocycles. The van der Waals surface area contributed by atoms with Crippen LogP contribution in [0.3, 0.4) is 0 Å². The van der Waals surface area contributed by atoms with Gasteiger partial charge in [-0.2, -0.15) is 4.39 Å². The molecule has 1 amide bonds. The SMILES string of the molecule is C[C@H]1[C@@H](Oc2ccc(C(=O)NCC(F)F)nc2F)CN1Cc1ccc2c3c(c(=O)[nH]c2c1F)CCO3. The zero-order valence-corrected chi connectivity index (χ0v) is 19.1. The summed E-state index contributed by atoms with van der Waals surface area (Å²) < 4.78 is 65.3. The van der Waals surface area contributed by atoms with Gasteiger partial charge >= 0.3 is 0 Å². The van der Waals surface area contributed by atoms with Crippen molar-refractivity contribution in [3.05, 3.63) is 63.2 Å². The molecule has 3 aromatic rings. The van der Waals surface area contributed by atoms with Crippen LogP contribution in [-0.2, 0) is 13.0 Å². The van der Waals surface area contributed by atoms with E-state index in [1.54, 1.807) is 12.1 Å². The number of hydrogen-bond acceptors (Lipinski definition) is 6. The normalized spacial score (nSPS) is 19.2. The van der Waals surface area contributed by atoms with E-state index in [9.17, 15) is 22.8 Å². The number of halogens is 4. The first-order chi connectivity index (χ1) is 17.2. The Labute approximate surface area is 202 Å². The number of nitrogens with one attached hydrogen (secondary N) is 2. The lowest BCUT2D eigenvalue weighted by molar-refractivity contribution is -0.0437. The molecule has 2 aromatic heterocycles. The predicted octanol–water partition coefficient (Wildman–Crippen LogP) is 2.78. The third kappa shape index (κ3) is 4.36. The summed E-state index contributed by atoms with van der Waals surface area (Å²) >= 11 is 0. The summed E-state index contributed by atoms with van der Waals surface area (Å²) in [6, 6.07) is 5.59. The molecule has 0 saturated carbocycles. The van der Waals surface area contributed by atoms with Crippen LogP contribution < -0.4 is 20.3 Å². The average molecular weight is 506 g/mol. The highest BCUT2D eigenvalue weighted by Crippen LogP contribution is 2.34. The van der Waals surface area contributed by atoms with Gasteiger partial charge in [0.05, 0.1) is 24.2 Å².